The van der Waals surface area contributed by atoms with Gasteiger partial charge in [-0.15, -0.1) is 0 Å². The summed E-state index contributed by atoms with van der Waals surface area (Å²) in [6.45, 7) is 6.21. The molecule has 1 aliphatic heterocycles. The van der Waals surface area contributed by atoms with Crippen molar-refractivity contribution >= 4 is 39.5 Å². The Morgan fingerprint density at radius 3 is 2.36 bits per heavy atom. The van der Waals surface area contributed by atoms with E-state index in [0.29, 0.717) is 17.1 Å². The highest BCUT2D eigenvalue weighted by Gasteiger charge is 2.26. The summed E-state index contributed by atoms with van der Waals surface area (Å²) in [5.74, 6) is 0.342. The average molecular weight is 472 g/mol. The van der Waals surface area contributed by atoms with Gasteiger partial charge in [-0.1, -0.05) is 45.1 Å². The standard InChI is InChI=1S/C24H29N3O5S/c1-24(2,3)20-15-19(27-13-12-21(28)25-23(27)29)14-17(22(20)32-4)9-6-16-7-10-18(11-8-16)26-33(5,30)31/h6-15,23,26,29H,1-5H3,(H,25,28)/b9-6+. The van der Waals surface area contributed by atoms with Crippen molar-refractivity contribution in [1.29, 1.82) is 0 Å². The van der Waals surface area contributed by atoms with Crippen molar-refractivity contribution in [3.05, 3.63) is 65.4 Å². The first-order valence-electron chi connectivity index (χ1n) is 10.3. The van der Waals surface area contributed by atoms with E-state index in [4.69, 9.17) is 4.74 Å². The lowest BCUT2D eigenvalue weighted by molar-refractivity contribution is -0.119. The van der Waals surface area contributed by atoms with E-state index < -0.39 is 16.4 Å². The lowest BCUT2D eigenvalue weighted by Gasteiger charge is -2.32. The smallest absolute Gasteiger partial charge is 0.248 e. The molecule has 0 saturated heterocycles. The Kier molecular flexibility index (Phi) is 6.85. The summed E-state index contributed by atoms with van der Waals surface area (Å²) >= 11 is 0. The summed E-state index contributed by atoms with van der Waals surface area (Å²) in [6.07, 6.45) is 6.61. The highest BCUT2D eigenvalue weighted by Crippen LogP contribution is 2.39. The molecular weight excluding hydrogens is 442 g/mol. The molecule has 0 bridgehead atoms. The zero-order valence-electron chi connectivity index (χ0n) is 19.3. The molecule has 2 aromatic rings. The summed E-state index contributed by atoms with van der Waals surface area (Å²) in [5.41, 5.74) is 3.51. The van der Waals surface area contributed by atoms with Crippen LogP contribution in [0.3, 0.4) is 0 Å². The largest absolute Gasteiger partial charge is 0.496 e. The molecule has 2 aromatic carbocycles. The fraction of sp³-hybridized carbons (Fsp3) is 0.292. The van der Waals surface area contributed by atoms with Crippen LogP contribution in [0.15, 0.2) is 48.7 Å². The second kappa shape index (κ2) is 9.29. The lowest BCUT2D eigenvalue weighted by atomic mass is 9.84. The van der Waals surface area contributed by atoms with Crippen LogP contribution in [0, 0.1) is 0 Å². The van der Waals surface area contributed by atoms with E-state index in [0.717, 1.165) is 22.9 Å². The molecule has 0 aromatic heterocycles. The molecule has 1 aliphatic rings. The topological polar surface area (TPSA) is 108 Å². The maximum atomic E-state index is 11.6. The third kappa shape index (κ3) is 6.15. The van der Waals surface area contributed by atoms with Crippen LogP contribution >= 0.6 is 0 Å². The van der Waals surface area contributed by atoms with E-state index in [-0.39, 0.29) is 11.3 Å². The Morgan fingerprint density at radius 1 is 1.15 bits per heavy atom. The van der Waals surface area contributed by atoms with Gasteiger partial charge >= 0.3 is 0 Å². The predicted octanol–water partition coefficient (Wildman–Crippen LogP) is 3.26. The summed E-state index contributed by atoms with van der Waals surface area (Å²) in [4.78, 5) is 13.1. The molecular formula is C24H29N3O5S. The molecule has 33 heavy (non-hydrogen) atoms. The van der Waals surface area contributed by atoms with Gasteiger partial charge in [-0.3, -0.25) is 9.52 Å². The van der Waals surface area contributed by atoms with Crippen LogP contribution < -0.4 is 19.7 Å². The summed E-state index contributed by atoms with van der Waals surface area (Å²) < 4.78 is 31.0. The number of nitrogens with one attached hydrogen (secondary N) is 2. The van der Waals surface area contributed by atoms with Crippen LogP contribution in [0.5, 0.6) is 5.75 Å². The number of hydrogen-bond acceptors (Lipinski definition) is 6. The van der Waals surface area contributed by atoms with Crippen LogP contribution in [0.1, 0.15) is 37.5 Å². The van der Waals surface area contributed by atoms with Gasteiger partial charge in [-0.25, -0.2) is 8.42 Å². The molecule has 0 aliphatic carbocycles. The molecule has 1 heterocycles. The summed E-state index contributed by atoms with van der Waals surface area (Å²) in [5, 5.41) is 12.8. The molecule has 1 atom stereocenters. The van der Waals surface area contributed by atoms with E-state index in [2.05, 4.69) is 30.8 Å². The van der Waals surface area contributed by atoms with Crippen molar-refractivity contribution in [2.75, 3.05) is 23.0 Å². The number of amides is 1. The quantitative estimate of drug-likeness (QED) is 0.558. The number of aliphatic hydroxyl groups excluding tert-OH is 1. The number of carbonyl (C=O) groups excluding carboxylic acids is 1. The number of hydrogen-bond donors (Lipinski definition) is 3. The first-order chi connectivity index (χ1) is 15.4. The number of carbonyl (C=O) groups is 1. The third-order valence-corrected chi connectivity index (χ3v) is 5.61. The van der Waals surface area contributed by atoms with Gasteiger partial charge in [-0.2, -0.15) is 0 Å². The SMILES string of the molecule is COc1c(/C=C/c2ccc(NS(C)(=O)=O)cc2)cc(N2C=CC(=O)NC2O)cc1C(C)(C)C. The number of sulfonamides is 1. The van der Waals surface area contributed by atoms with Crippen molar-refractivity contribution in [2.24, 2.45) is 0 Å². The minimum Gasteiger partial charge on any atom is -0.496 e. The molecule has 0 saturated carbocycles. The second-order valence-electron chi connectivity index (χ2n) is 8.80. The number of anilines is 2. The first-order valence-corrected chi connectivity index (χ1v) is 12.2. The van der Waals surface area contributed by atoms with Gasteiger partial charge in [0.25, 0.3) is 0 Å². The molecule has 0 radical (unpaired) electrons. The van der Waals surface area contributed by atoms with Crippen molar-refractivity contribution in [1.82, 2.24) is 5.32 Å². The van der Waals surface area contributed by atoms with E-state index in [9.17, 15) is 18.3 Å². The minimum atomic E-state index is -3.34. The van der Waals surface area contributed by atoms with Gasteiger partial charge in [0.1, 0.15) is 5.75 Å². The predicted molar refractivity (Wildman–Crippen MR) is 131 cm³/mol. The van der Waals surface area contributed by atoms with Crippen molar-refractivity contribution in [3.8, 4) is 5.75 Å². The average Bonchev–Trinajstić information content (AvgIpc) is 2.71. The first kappa shape index (κ1) is 24.3. The summed E-state index contributed by atoms with van der Waals surface area (Å²) in [6, 6.07) is 10.8. The molecule has 1 unspecified atom stereocenters. The van der Waals surface area contributed by atoms with Crippen molar-refractivity contribution < 1.29 is 23.1 Å². The fourth-order valence-corrected chi connectivity index (χ4v) is 4.02. The van der Waals surface area contributed by atoms with Crippen LogP contribution in [0.25, 0.3) is 12.2 Å². The monoisotopic (exact) mass is 471 g/mol. The number of rotatable bonds is 6. The van der Waals surface area contributed by atoms with E-state index >= 15 is 0 Å². The number of ether oxygens (including phenoxy) is 1. The minimum absolute atomic E-state index is 0.253. The van der Waals surface area contributed by atoms with Crippen LogP contribution in [0.4, 0.5) is 11.4 Å². The van der Waals surface area contributed by atoms with Crippen LogP contribution in [-0.2, 0) is 20.2 Å². The molecule has 176 valence electrons. The van der Waals surface area contributed by atoms with Crippen molar-refractivity contribution in [3.63, 3.8) is 0 Å². The number of methoxy groups -OCH3 is 1. The van der Waals surface area contributed by atoms with E-state index in [1.165, 1.54) is 6.08 Å². The Labute approximate surface area is 194 Å². The van der Waals surface area contributed by atoms with Gasteiger partial charge in [-0.05, 0) is 35.2 Å². The summed E-state index contributed by atoms with van der Waals surface area (Å²) in [7, 11) is -1.72. The maximum absolute atomic E-state index is 11.6. The highest BCUT2D eigenvalue weighted by atomic mass is 32.2. The van der Waals surface area contributed by atoms with Crippen LogP contribution in [0.2, 0.25) is 0 Å². The van der Waals surface area contributed by atoms with Crippen molar-refractivity contribution in [2.45, 2.75) is 32.5 Å². The van der Waals surface area contributed by atoms with Gasteiger partial charge in [0, 0.05) is 34.8 Å². The molecule has 0 spiro atoms. The van der Waals surface area contributed by atoms with E-state index in [1.54, 1.807) is 42.5 Å². The maximum Gasteiger partial charge on any atom is 0.248 e. The molecule has 9 heteroatoms. The molecule has 3 rings (SSSR count). The number of aliphatic hydroxyl groups is 1. The number of nitrogens with zero attached hydrogens (tertiary/aromatic N) is 1. The van der Waals surface area contributed by atoms with Gasteiger partial charge in [0.2, 0.25) is 22.3 Å². The van der Waals surface area contributed by atoms with Gasteiger partial charge < -0.3 is 20.1 Å². The highest BCUT2D eigenvalue weighted by molar-refractivity contribution is 7.92. The lowest BCUT2D eigenvalue weighted by Crippen LogP contribution is -2.48. The molecule has 3 N–H and O–H groups in total. The number of benzene rings is 2. The zero-order chi connectivity index (χ0) is 24.4. The third-order valence-electron chi connectivity index (χ3n) is 5.00. The molecule has 1 amide bonds. The van der Waals surface area contributed by atoms with Gasteiger partial charge in [0.05, 0.1) is 13.4 Å². The normalized spacial score (nSPS) is 16.7. The fourth-order valence-electron chi connectivity index (χ4n) is 3.46. The Bertz CT molecular complexity index is 1200. The van der Waals surface area contributed by atoms with E-state index in [1.807, 2.05) is 24.3 Å². The Hall–Kier alpha value is -3.30. The Morgan fingerprint density at radius 2 is 1.82 bits per heavy atom. The Balaban J connectivity index is 2.02. The van der Waals surface area contributed by atoms with Crippen LogP contribution in [-0.4, -0.2) is 39.1 Å². The zero-order valence-corrected chi connectivity index (χ0v) is 20.1. The van der Waals surface area contributed by atoms with Gasteiger partial charge in [0.15, 0.2) is 0 Å². The molecule has 8 nitrogen and oxygen atoms in total. The molecule has 0 fully saturated rings. The second-order valence-corrected chi connectivity index (χ2v) is 10.5.